The van der Waals surface area contributed by atoms with Gasteiger partial charge in [-0.25, -0.2) is 18.6 Å². The van der Waals surface area contributed by atoms with Gasteiger partial charge in [0, 0.05) is 5.69 Å². The third-order valence-corrected chi connectivity index (χ3v) is 3.52. The van der Waals surface area contributed by atoms with Gasteiger partial charge in [-0.2, -0.15) is 0 Å². The average Bonchev–Trinajstić information content (AvgIpc) is 2.42. The van der Waals surface area contributed by atoms with E-state index in [0.717, 1.165) is 30.0 Å². The number of nitrogens with zero attached hydrogens (tertiary/aromatic N) is 1. The minimum atomic E-state index is -1.08. The number of pyridine rings is 1. The van der Waals surface area contributed by atoms with E-state index in [-0.39, 0.29) is 10.5 Å². The molecule has 0 radical (unpaired) electrons. The summed E-state index contributed by atoms with van der Waals surface area (Å²) < 4.78 is 26.7. The number of benzene rings is 1. The Hall–Kier alpha value is -1.95. The molecule has 1 aromatic heterocycles. The van der Waals surface area contributed by atoms with Gasteiger partial charge in [-0.15, -0.1) is 0 Å². The molecule has 0 aliphatic rings. The van der Waals surface area contributed by atoms with Crippen molar-refractivity contribution in [2.24, 2.45) is 0 Å². The predicted octanol–water partition coefficient (Wildman–Crippen LogP) is 3.77. The summed E-state index contributed by atoms with van der Waals surface area (Å²) in [5.74, 6) is -2.21. The van der Waals surface area contributed by atoms with Crippen molar-refractivity contribution >= 4 is 17.7 Å². The molecule has 0 fully saturated rings. The molecule has 0 unspecified atom stereocenters. The second-order valence-electron chi connectivity index (χ2n) is 4.02. The SMILES string of the molecule is CCc1cc(C(=O)O)cc(Sc2cc(F)ccc2F)n1. The number of rotatable bonds is 4. The largest absolute Gasteiger partial charge is 0.478 e. The number of hydrogen-bond donors (Lipinski definition) is 1. The first-order valence-corrected chi connectivity index (χ1v) is 6.68. The van der Waals surface area contributed by atoms with E-state index in [1.54, 1.807) is 0 Å². The van der Waals surface area contributed by atoms with Gasteiger partial charge in [-0.3, -0.25) is 0 Å². The zero-order valence-corrected chi connectivity index (χ0v) is 11.4. The number of aromatic nitrogens is 1. The van der Waals surface area contributed by atoms with Gasteiger partial charge in [0.15, 0.2) is 0 Å². The van der Waals surface area contributed by atoms with Crippen molar-refractivity contribution in [3.05, 3.63) is 53.2 Å². The number of halogens is 2. The van der Waals surface area contributed by atoms with Crippen molar-refractivity contribution in [3.8, 4) is 0 Å². The van der Waals surface area contributed by atoms with Crippen LogP contribution in [0.1, 0.15) is 23.0 Å². The second kappa shape index (κ2) is 6.00. The van der Waals surface area contributed by atoms with Crippen LogP contribution < -0.4 is 0 Å². The smallest absolute Gasteiger partial charge is 0.335 e. The lowest BCUT2D eigenvalue weighted by atomic mass is 10.2. The van der Waals surface area contributed by atoms with Gasteiger partial charge in [0.2, 0.25) is 0 Å². The zero-order chi connectivity index (χ0) is 14.7. The van der Waals surface area contributed by atoms with Gasteiger partial charge in [-0.05, 0) is 36.8 Å². The number of aryl methyl sites for hydroxylation is 1. The molecule has 0 bridgehead atoms. The molecule has 104 valence electrons. The Morgan fingerprint density at radius 3 is 2.70 bits per heavy atom. The predicted molar refractivity (Wildman–Crippen MR) is 71.1 cm³/mol. The number of hydrogen-bond acceptors (Lipinski definition) is 3. The lowest BCUT2D eigenvalue weighted by Crippen LogP contribution is -2.00. The van der Waals surface area contributed by atoms with Crippen LogP contribution in [-0.4, -0.2) is 16.1 Å². The Labute approximate surface area is 118 Å². The maximum atomic E-state index is 13.6. The van der Waals surface area contributed by atoms with Gasteiger partial charge in [0.05, 0.1) is 10.5 Å². The molecule has 2 rings (SSSR count). The molecule has 0 amide bonds. The quantitative estimate of drug-likeness (QED) is 0.932. The highest BCUT2D eigenvalue weighted by Gasteiger charge is 2.11. The first-order chi connectivity index (χ1) is 9.49. The third kappa shape index (κ3) is 3.33. The van der Waals surface area contributed by atoms with Crippen molar-refractivity contribution in [3.63, 3.8) is 0 Å². The summed E-state index contributed by atoms with van der Waals surface area (Å²) >= 11 is 0.900. The van der Waals surface area contributed by atoms with Crippen LogP contribution in [0.15, 0.2) is 40.3 Å². The summed E-state index contributed by atoms with van der Waals surface area (Å²) in [4.78, 5) is 15.3. The summed E-state index contributed by atoms with van der Waals surface area (Å²) in [6, 6.07) is 5.92. The minimum absolute atomic E-state index is 0.0714. The van der Waals surface area contributed by atoms with E-state index in [1.165, 1.54) is 12.1 Å². The molecule has 6 heteroatoms. The van der Waals surface area contributed by atoms with Crippen molar-refractivity contribution in [2.75, 3.05) is 0 Å². The first kappa shape index (κ1) is 14.5. The Morgan fingerprint density at radius 1 is 1.30 bits per heavy atom. The molecular formula is C14H11F2NO2S. The molecule has 0 aliphatic heterocycles. The number of aromatic carboxylic acids is 1. The van der Waals surface area contributed by atoms with Gasteiger partial charge in [0.1, 0.15) is 16.7 Å². The van der Waals surface area contributed by atoms with Crippen LogP contribution in [0.25, 0.3) is 0 Å². The lowest BCUT2D eigenvalue weighted by Gasteiger charge is -2.06. The molecule has 0 spiro atoms. The fraction of sp³-hybridized carbons (Fsp3) is 0.143. The minimum Gasteiger partial charge on any atom is -0.478 e. The van der Waals surface area contributed by atoms with E-state index in [0.29, 0.717) is 17.1 Å². The summed E-state index contributed by atoms with van der Waals surface area (Å²) in [5.41, 5.74) is 0.667. The van der Waals surface area contributed by atoms with Crippen LogP contribution in [0.4, 0.5) is 8.78 Å². The van der Waals surface area contributed by atoms with Crippen molar-refractivity contribution in [1.29, 1.82) is 0 Å². The van der Waals surface area contributed by atoms with Crippen molar-refractivity contribution < 1.29 is 18.7 Å². The van der Waals surface area contributed by atoms with Gasteiger partial charge in [-0.1, -0.05) is 18.7 Å². The average molecular weight is 295 g/mol. The normalized spacial score (nSPS) is 10.6. The van der Waals surface area contributed by atoms with Gasteiger partial charge >= 0.3 is 5.97 Å². The first-order valence-electron chi connectivity index (χ1n) is 5.86. The molecule has 3 nitrogen and oxygen atoms in total. The molecule has 0 aliphatic carbocycles. The molecule has 0 atom stereocenters. The lowest BCUT2D eigenvalue weighted by molar-refractivity contribution is 0.0696. The molecule has 20 heavy (non-hydrogen) atoms. The highest BCUT2D eigenvalue weighted by atomic mass is 32.2. The Morgan fingerprint density at radius 2 is 2.05 bits per heavy atom. The van der Waals surface area contributed by atoms with Crippen LogP contribution in [0.2, 0.25) is 0 Å². The monoisotopic (exact) mass is 295 g/mol. The number of carbonyl (C=O) groups is 1. The Bertz CT molecular complexity index is 662. The standard InChI is InChI=1S/C14H11F2NO2S/c1-2-10-5-8(14(18)19)6-13(17-10)20-12-7-9(15)3-4-11(12)16/h3-7H,2H2,1H3,(H,18,19). The molecule has 1 N–H and O–H groups in total. The Kier molecular flexibility index (Phi) is 4.34. The maximum absolute atomic E-state index is 13.6. The van der Waals surface area contributed by atoms with E-state index in [4.69, 9.17) is 5.11 Å². The topological polar surface area (TPSA) is 50.2 Å². The fourth-order valence-corrected chi connectivity index (χ4v) is 2.50. The maximum Gasteiger partial charge on any atom is 0.335 e. The fourth-order valence-electron chi connectivity index (χ4n) is 1.59. The van der Waals surface area contributed by atoms with Crippen LogP contribution in [-0.2, 0) is 6.42 Å². The van der Waals surface area contributed by atoms with Gasteiger partial charge in [0.25, 0.3) is 0 Å². The highest BCUT2D eigenvalue weighted by molar-refractivity contribution is 7.99. The zero-order valence-electron chi connectivity index (χ0n) is 10.6. The second-order valence-corrected chi connectivity index (χ2v) is 5.08. The van der Waals surface area contributed by atoms with Crippen LogP contribution >= 0.6 is 11.8 Å². The molecule has 0 saturated carbocycles. The molecule has 1 heterocycles. The van der Waals surface area contributed by atoms with E-state index >= 15 is 0 Å². The van der Waals surface area contributed by atoms with Crippen molar-refractivity contribution in [2.45, 2.75) is 23.3 Å². The third-order valence-electron chi connectivity index (χ3n) is 2.57. The van der Waals surface area contributed by atoms with Crippen LogP contribution in [0.5, 0.6) is 0 Å². The van der Waals surface area contributed by atoms with E-state index in [2.05, 4.69) is 4.98 Å². The van der Waals surface area contributed by atoms with Crippen molar-refractivity contribution in [1.82, 2.24) is 4.98 Å². The molecular weight excluding hydrogens is 284 g/mol. The Balaban J connectivity index is 2.39. The summed E-state index contributed by atoms with van der Waals surface area (Å²) in [6.07, 6.45) is 0.556. The van der Waals surface area contributed by atoms with Crippen LogP contribution in [0, 0.1) is 11.6 Å². The molecule has 1 aromatic carbocycles. The summed E-state index contributed by atoms with van der Waals surface area (Å²) in [7, 11) is 0. The van der Waals surface area contributed by atoms with Gasteiger partial charge < -0.3 is 5.11 Å². The summed E-state index contributed by atoms with van der Waals surface area (Å²) in [5, 5.41) is 9.35. The van der Waals surface area contributed by atoms with E-state index in [1.807, 2.05) is 6.92 Å². The number of carboxylic acids is 1. The van der Waals surface area contributed by atoms with Crippen LogP contribution in [0.3, 0.4) is 0 Å². The van der Waals surface area contributed by atoms with E-state index < -0.39 is 17.6 Å². The molecule has 0 saturated heterocycles. The summed E-state index contributed by atoms with van der Waals surface area (Å²) in [6.45, 7) is 1.84. The number of carboxylic acid groups (broad SMARTS) is 1. The van der Waals surface area contributed by atoms with E-state index in [9.17, 15) is 13.6 Å². The highest BCUT2D eigenvalue weighted by Crippen LogP contribution is 2.30. The molecule has 2 aromatic rings.